The smallest absolute Gasteiger partial charge is 0.340 e. The molecule has 49 heavy (non-hydrogen) atoms. The number of fused-ring (bicyclic) bond motifs is 2. The number of hydrogen-bond donors (Lipinski definition) is 4. The average Bonchev–Trinajstić information content (AvgIpc) is 3.51. The summed E-state index contributed by atoms with van der Waals surface area (Å²) in [5.74, 6) is -2.33. The van der Waals surface area contributed by atoms with Crippen molar-refractivity contribution in [2.24, 2.45) is 40.2 Å². The number of likely N-dealkylation sites (N-methyl/N-ethyl adjacent to an activating group) is 1. The molecule has 13 nitrogen and oxygen atoms in total. The van der Waals surface area contributed by atoms with Gasteiger partial charge in [-0.2, -0.15) is 0 Å². The van der Waals surface area contributed by atoms with Gasteiger partial charge in [-0.05, 0) is 43.9 Å². The van der Waals surface area contributed by atoms with Gasteiger partial charge < -0.3 is 44.9 Å². The first kappa shape index (κ1) is 34.8. The Hall–Kier alpha value is -2.65. The second kappa shape index (κ2) is 12.2. The molecule has 1 spiro atoms. The standard InChI is InChI=1S/C36H51N3O10/c1-6-39-17-33(18-49-31(42)19-9-7-8-10-22(19)38-26(41)12-11-25(37)40)14-13-24(46-3)35-21-15-20-23(45-2)16-34(43,27(21)28(20)47-4)36(44,32(35)39)30(48-5)29(33)35/h7-10,20-21,23-24,27-30,32,43-44H,6,11-18H2,1-5H3,(H2,37,40)(H,38,41)/t20-,21-,23+,24+,27-,28+,29-,30-,32?,33+,34-,35+,36-/m1/s1. The zero-order valence-corrected chi connectivity index (χ0v) is 29.1. The number of rotatable bonds is 12. The van der Waals surface area contributed by atoms with E-state index in [1.807, 2.05) is 0 Å². The summed E-state index contributed by atoms with van der Waals surface area (Å²) in [6.45, 7) is 3.25. The minimum atomic E-state index is -1.69. The first-order chi connectivity index (χ1) is 23.4. The topological polar surface area (TPSA) is 179 Å². The fourth-order valence-corrected chi connectivity index (χ4v) is 12.5. The third-order valence-corrected chi connectivity index (χ3v) is 13.8. The average molecular weight is 686 g/mol. The maximum Gasteiger partial charge on any atom is 0.340 e. The minimum Gasteiger partial charge on any atom is -0.461 e. The predicted molar refractivity (Wildman–Crippen MR) is 175 cm³/mol. The van der Waals surface area contributed by atoms with Crippen LogP contribution in [0.25, 0.3) is 0 Å². The van der Waals surface area contributed by atoms with Crippen LogP contribution in [0.3, 0.4) is 0 Å². The van der Waals surface area contributed by atoms with Gasteiger partial charge in [0.05, 0.1) is 48.3 Å². The van der Waals surface area contributed by atoms with E-state index in [9.17, 15) is 24.6 Å². The molecular formula is C36H51N3O10. The van der Waals surface area contributed by atoms with Crippen LogP contribution < -0.4 is 11.1 Å². The molecule has 6 aliphatic rings. The lowest BCUT2D eigenvalue weighted by Gasteiger charge is -2.70. The molecule has 7 bridgehead atoms. The summed E-state index contributed by atoms with van der Waals surface area (Å²) in [5.41, 5.74) is 1.14. The predicted octanol–water partition coefficient (Wildman–Crippen LogP) is 1.34. The zero-order chi connectivity index (χ0) is 35.1. The number of likely N-dealkylation sites (tertiary alicyclic amines) is 1. The molecule has 6 fully saturated rings. The summed E-state index contributed by atoms with van der Waals surface area (Å²) in [4.78, 5) is 39.9. The van der Waals surface area contributed by atoms with E-state index in [4.69, 9.17) is 29.4 Å². The van der Waals surface area contributed by atoms with E-state index in [1.54, 1.807) is 52.7 Å². The maximum absolute atomic E-state index is 13.9. The maximum atomic E-state index is 13.9. The van der Waals surface area contributed by atoms with Crippen molar-refractivity contribution in [1.82, 2.24) is 4.90 Å². The molecule has 1 aromatic carbocycles. The number of methoxy groups -OCH3 is 4. The number of primary amides is 1. The van der Waals surface area contributed by atoms with Crippen LogP contribution in [0.2, 0.25) is 0 Å². The van der Waals surface area contributed by atoms with Crippen LogP contribution in [-0.2, 0) is 33.3 Å². The monoisotopic (exact) mass is 685 g/mol. The number of nitrogens with one attached hydrogen (secondary N) is 1. The fourth-order valence-electron chi connectivity index (χ4n) is 12.5. The van der Waals surface area contributed by atoms with E-state index >= 15 is 0 Å². The molecule has 5 aliphatic carbocycles. The number of amides is 2. The Balaban J connectivity index is 1.29. The third-order valence-electron chi connectivity index (χ3n) is 13.8. The van der Waals surface area contributed by atoms with Crippen LogP contribution in [-0.4, -0.2) is 123 Å². The number of hydrogen-bond acceptors (Lipinski definition) is 11. The molecular weight excluding hydrogens is 634 g/mol. The van der Waals surface area contributed by atoms with Gasteiger partial charge in [0, 0.05) is 82.8 Å². The molecule has 1 unspecified atom stereocenters. The highest BCUT2D eigenvalue weighted by Gasteiger charge is 2.91. The van der Waals surface area contributed by atoms with Gasteiger partial charge in [-0.15, -0.1) is 0 Å². The second-order valence-corrected chi connectivity index (χ2v) is 15.3. The third kappa shape index (κ3) is 4.45. The van der Waals surface area contributed by atoms with Gasteiger partial charge in [-0.1, -0.05) is 19.1 Å². The Morgan fingerprint density at radius 1 is 1.04 bits per heavy atom. The summed E-state index contributed by atoms with van der Waals surface area (Å²) < 4.78 is 31.3. The Morgan fingerprint density at radius 3 is 2.45 bits per heavy atom. The van der Waals surface area contributed by atoms with Crippen LogP contribution >= 0.6 is 0 Å². The number of carbonyl (C=O) groups is 3. The largest absolute Gasteiger partial charge is 0.461 e. The normalized spacial score (nSPS) is 44.4. The summed E-state index contributed by atoms with van der Waals surface area (Å²) in [6.07, 6.45) is 0.513. The van der Waals surface area contributed by atoms with Crippen molar-refractivity contribution in [1.29, 1.82) is 0 Å². The number of para-hydroxylation sites is 1. The van der Waals surface area contributed by atoms with Crippen LogP contribution in [0.1, 0.15) is 55.8 Å². The molecule has 1 heterocycles. The summed E-state index contributed by atoms with van der Waals surface area (Å²) in [6, 6.07) is 6.14. The number of anilines is 1. The van der Waals surface area contributed by atoms with Gasteiger partial charge in [-0.25, -0.2) is 4.79 Å². The van der Waals surface area contributed by atoms with Crippen molar-refractivity contribution in [3.8, 4) is 0 Å². The van der Waals surface area contributed by atoms with Crippen LogP contribution in [0.4, 0.5) is 5.69 Å². The number of benzene rings is 1. The zero-order valence-electron chi connectivity index (χ0n) is 29.1. The van der Waals surface area contributed by atoms with Crippen molar-refractivity contribution < 1.29 is 48.3 Å². The Labute approximate surface area is 287 Å². The van der Waals surface area contributed by atoms with E-state index in [2.05, 4.69) is 17.1 Å². The van der Waals surface area contributed by atoms with Crippen molar-refractivity contribution in [3.05, 3.63) is 29.8 Å². The highest BCUT2D eigenvalue weighted by atomic mass is 16.5. The van der Waals surface area contributed by atoms with E-state index < -0.39 is 52.0 Å². The lowest BCUT2D eigenvalue weighted by molar-refractivity contribution is -0.320. The Kier molecular flexibility index (Phi) is 8.69. The fraction of sp³-hybridized carbons (Fsp3) is 0.750. The molecule has 7 rings (SSSR count). The highest BCUT2D eigenvalue weighted by molar-refractivity contribution is 6.01. The molecule has 5 N–H and O–H groups in total. The lowest BCUT2D eigenvalue weighted by Crippen LogP contribution is -2.82. The van der Waals surface area contributed by atoms with E-state index in [-0.39, 0.29) is 79.1 Å². The first-order valence-corrected chi connectivity index (χ1v) is 17.6. The van der Waals surface area contributed by atoms with E-state index in [0.717, 1.165) is 6.42 Å². The van der Waals surface area contributed by atoms with Gasteiger partial charge in [0.1, 0.15) is 11.2 Å². The highest BCUT2D eigenvalue weighted by Crippen LogP contribution is 2.80. The molecule has 1 saturated heterocycles. The second-order valence-electron chi connectivity index (χ2n) is 15.3. The number of nitrogens with zero attached hydrogens (tertiary/aromatic N) is 1. The van der Waals surface area contributed by atoms with Crippen LogP contribution in [0, 0.1) is 34.5 Å². The number of nitrogens with two attached hydrogens (primary N) is 1. The van der Waals surface area contributed by atoms with Gasteiger partial charge in [0.25, 0.3) is 0 Å². The Morgan fingerprint density at radius 2 is 1.80 bits per heavy atom. The van der Waals surface area contributed by atoms with Gasteiger partial charge in [0.2, 0.25) is 11.8 Å². The van der Waals surface area contributed by atoms with E-state index in [0.29, 0.717) is 25.9 Å². The summed E-state index contributed by atoms with van der Waals surface area (Å²) in [7, 11) is 6.68. The molecule has 1 aromatic rings. The van der Waals surface area contributed by atoms with Crippen LogP contribution in [0.5, 0.6) is 0 Å². The molecule has 5 saturated carbocycles. The number of aliphatic hydroxyl groups is 2. The van der Waals surface area contributed by atoms with Gasteiger partial charge in [-0.3, -0.25) is 14.5 Å². The molecule has 1 aliphatic heterocycles. The number of esters is 1. The van der Waals surface area contributed by atoms with Crippen molar-refractivity contribution in [2.45, 2.75) is 87.1 Å². The Bertz CT molecular complexity index is 1490. The molecule has 0 radical (unpaired) electrons. The molecule has 13 atom stereocenters. The summed E-state index contributed by atoms with van der Waals surface area (Å²) >= 11 is 0. The number of piperidine rings is 1. The molecule has 2 amide bonds. The van der Waals surface area contributed by atoms with Crippen molar-refractivity contribution in [2.75, 3.05) is 53.5 Å². The minimum absolute atomic E-state index is 0.0424. The SMILES string of the molecule is CCN1C[C@]2(COC(=O)c3ccccc3NC(=O)CCC(N)=O)CC[C@H](OC)[C@]34C1[C@](O)([C@H](OC)[C@H]23)[C@@]1(O)C[C@H](OC)[C@H]2C[C@@H]4[C@@H]1[C@H]2OC. The first-order valence-electron chi connectivity index (χ1n) is 17.6. The summed E-state index contributed by atoms with van der Waals surface area (Å²) in [5, 5.41) is 29.2. The molecule has 270 valence electrons. The quantitative estimate of drug-likeness (QED) is 0.233. The van der Waals surface area contributed by atoms with Crippen molar-refractivity contribution >= 4 is 23.5 Å². The molecule has 13 heteroatoms. The van der Waals surface area contributed by atoms with E-state index in [1.165, 1.54) is 0 Å². The number of ether oxygens (including phenoxy) is 5. The lowest BCUT2D eigenvalue weighted by atomic mass is 9.42. The van der Waals surface area contributed by atoms with Gasteiger partial charge in [0.15, 0.2) is 0 Å². The van der Waals surface area contributed by atoms with Crippen LogP contribution in [0.15, 0.2) is 24.3 Å². The van der Waals surface area contributed by atoms with Crippen molar-refractivity contribution in [3.63, 3.8) is 0 Å². The number of carbonyl (C=O) groups excluding carboxylic acids is 3. The van der Waals surface area contributed by atoms with Gasteiger partial charge >= 0.3 is 5.97 Å². The molecule has 0 aromatic heterocycles.